The number of aryl methyl sites for hydroxylation is 3. The molecule has 0 aliphatic heterocycles. The molecule has 3 aromatic rings. The van der Waals surface area contributed by atoms with Crippen LogP contribution >= 0.6 is 0 Å². The largest absolute Gasteiger partial charge is 0.366 e. The highest BCUT2D eigenvalue weighted by atomic mass is 15.3. The molecule has 6 heteroatoms. The number of anilines is 3. The Bertz CT molecular complexity index is 804. The quantitative estimate of drug-likeness (QED) is 0.725. The van der Waals surface area contributed by atoms with Crippen molar-refractivity contribution in [2.75, 3.05) is 10.6 Å². The van der Waals surface area contributed by atoms with Crippen LogP contribution in [-0.2, 0) is 13.1 Å². The Balaban J connectivity index is 1.69. The van der Waals surface area contributed by atoms with Crippen molar-refractivity contribution in [3.63, 3.8) is 0 Å². The summed E-state index contributed by atoms with van der Waals surface area (Å²) in [6.45, 7) is 7.87. The second kappa shape index (κ2) is 7.12. The molecule has 0 spiro atoms. The molecular weight excluding hydrogens is 300 g/mol. The SMILES string of the molecule is CCn1cc(Nc2nccc(NCc3c(C)cccc3C)n2)cn1. The van der Waals surface area contributed by atoms with E-state index in [1.165, 1.54) is 16.7 Å². The van der Waals surface area contributed by atoms with E-state index in [9.17, 15) is 0 Å². The number of rotatable bonds is 6. The third-order valence-corrected chi connectivity index (χ3v) is 3.96. The molecule has 0 saturated carbocycles. The van der Waals surface area contributed by atoms with E-state index in [0.717, 1.165) is 24.6 Å². The molecule has 0 saturated heterocycles. The first kappa shape index (κ1) is 16.0. The summed E-state index contributed by atoms with van der Waals surface area (Å²) in [5, 5.41) is 10.8. The summed E-state index contributed by atoms with van der Waals surface area (Å²) in [5.74, 6) is 1.34. The summed E-state index contributed by atoms with van der Waals surface area (Å²) in [5.41, 5.74) is 4.74. The zero-order valence-corrected chi connectivity index (χ0v) is 14.2. The van der Waals surface area contributed by atoms with E-state index in [0.29, 0.717) is 5.95 Å². The van der Waals surface area contributed by atoms with Crippen LogP contribution in [0.15, 0.2) is 42.9 Å². The molecule has 0 unspecified atom stereocenters. The summed E-state index contributed by atoms with van der Waals surface area (Å²) in [7, 11) is 0. The Morgan fingerprint density at radius 3 is 2.62 bits per heavy atom. The molecule has 6 nitrogen and oxygen atoms in total. The lowest BCUT2D eigenvalue weighted by molar-refractivity contribution is 0.660. The Morgan fingerprint density at radius 2 is 1.92 bits per heavy atom. The van der Waals surface area contributed by atoms with Crippen LogP contribution in [0.25, 0.3) is 0 Å². The molecule has 1 aromatic carbocycles. The molecule has 0 fully saturated rings. The van der Waals surface area contributed by atoms with Crippen molar-refractivity contribution < 1.29 is 0 Å². The number of nitrogens with zero attached hydrogens (tertiary/aromatic N) is 4. The Morgan fingerprint density at radius 1 is 1.12 bits per heavy atom. The van der Waals surface area contributed by atoms with E-state index in [1.54, 1.807) is 12.4 Å². The molecule has 0 radical (unpaired) electrons. The van der Waals surface area contributed by atoms with E-state index < -0.39 is 0 Å². The predicted molar refractivity (Wildman–Crippen MR) is 96.5 cm³/mol. The lowest BCUT2D eigenvalue weighted by Gasteiger charge is -2.12. The minimum Gasteiger partial charge on any atom is -0.366 e. The average Bonchev–Trinajstić information content (AvgIpc) is 3.02. The van der Waals surface area contributed by atoms with Gasteiger partial charge in [-0.15, -0.1) is 0 Å². The second-order valence-corrected chi connectivity index (χ2v) is 5.70. The minimum absolute atomic E-state index is 0.553. The molecule has 124 valence electrons. The summed E-state index contributed by atoms with van der Waals surface area (Å²) >= 11 is 0. The van der Waals surface area contributed by atoms with Crippen LogP contribution in [0.2, 0.25) is 0 Å². The van der Waals surface area contributed by atoms with Crippen LogP contribution in [0, 0.1) is 13.8 Å². The summed E-state index contributed by atoms with van der Waals surface area (Å²) in [6, 6.07) is 8.20. The van der Waals surface area contributed by atoms with Gasteiger partial charge in [0.2, 0.25) is 5.95 Å². The topological polar surface area (TPSA) is 67.7 Å². The van der Waals surface area contributed by atoms with Crippen molar-refractivity contribution in [2.24, 2.45) is 0 Å². The van der Waals surface area contributed by atoms with Gasteiger partial charge in [-0.1, -0.05) is 18.2 Å². The maximum atomic E-state index is 4.51. The zero-order valence-electron chi connectivity index (χ0n) is 14.2. The average molecular weight is 322 g/mol. The van der Waals surface area contributed by atoms with Crippen LogP contribution < -0.4 is 10.6 Å². The number of hydrogen-bond donors (Lipinski definition) is 2. The van der Waals surface area contributed by atoms with Crippen LogP contribution in [0.3, 0.4) is 0 Å². The van der Waals surface area contributed by atoms with Gasteiger partial charge in [0.15, 0.2) is 0 Å². The highest BCUT2D eigenvalue weighted by Gasteiger charge is 2.05. The van der Waals surface area contributed by atoms with Crippen molar-refractivity contribution in [1.29, 1.82) is 0 Å². The lowest BCUT2D eigenvalue weighted by Crippen LogP contribution is -2.06. The molecule has 0 bridgehead atoms. The van der Waals surface area contributed by atoms with Crippen LogP contribution in [0.4, 0.5) is 17.5 Å². The van der Waals surface area contributed by atoms with Crippen LogP contribution in [0.5, 0.6) is 0 Å². The monoisotopic (exact) mass is 322 g/mol. The first-order valence-corrected chi connectivity index (χ1v) is 8.07. The zero-order chi connectivity index (χ0) is 16.9. The standard InChI is InChI=1S/C18H22N6/c1-4-24-12-15(10-21-24)22-18-19-9-8-17(23-18)20-11-16-13(2)6-5-7-14(16)3/h5-10,12H,4,11H2,1-3H3,(H2,19,20,22,23). The van der Waals surface area contributed by atoms with Crippen molar-refractivity contribution in [1.82, 2.24) is 19.7 Å². The fourth-order valence-electron chi connectivity index (χ4n) is 2.55. The molecule has 2 aromatic heterocycles. The van der Waals surface area contributed by atoms with E-state index in [2.05, 4.69) is 57.7 Å². The van der Waals surface area contributed by atoms with Gasteiger partial charge in [0.05, 0.1) is 11.9 Å². The van der Waals surface area contributed by atoms with Gasteiger partial charge < -0.3 is 10.6 Å². The van der Waals surface area contributed by atoms with Gasteiger partial charge in [-0.3, -0.25) is 4.68 Å². The smallest absolute Gasteiger partial charge is 0.229 e. The van der Waals surface area contributed by atoms with Crippen molar-refractivity contribution in [3.8, 4) is 0 Å². The summed E-state index contributed by atoms with van der Waals surface area (Å²) in [6.07, 6.45) is 5.44. The molecule has 24 heavy (non-hydrogen) atoms. The van der Waals surface area contributed by atoms with Gasteiger partial charge in [-0.2, -0.15) is 10.1 Å². The normalized spacial score (nSPS) is 10.6. The van der Waals surface area contributed by atoms with E-state index in [-0.39, 0.29) is 0 Å². The third kappa shape index (κ3) is 3.71. The molecule has 0 amide bonds. The second-order valence-electron chi connectivity index (χ2n) is 5.70. The van der Waals surface area contributed by atoms with Gasteiger partial charge in [0, 0.05) is 25.5 Å². The maximum Gasteiger partial charge on any atom is 0.229 e. The summed E-state index contributed by atoms with van der Waals surface area (Å²) < 4.78 is 1.85. The fraction of sp³-hybridized carbons (Fsp3) is 0.278. The van der Waals surface area contributed by atoms with Crippen molar-refractivity contribution in [3.05, 3.63) is 59.5 Å². The molecule has 2 heterocycles. The lowest BCUT2D eigenvalue weighted by atomic mass is 10.0. The molecule has 0 atom stereocenters. The Hall–Kier alpha value is -2.89. The van der Waals surface area contributed by atoms with Gasteiger partial charge in [0.1, 0.15) is 5.82 Å². The Kier molecular flexibility index (Phi) is 4.74. The predicted octanol–water partition coefficient (Wildman–Crippen LogP) is 3.67. The van der Waals surface area contributed by atoms with Gasteiger partial charge in [-0.25, -0.2) is 4.98 Å². The molecule has 2 N–H and O–H groups in total. The Labute approximate surface area is 142 Å². The molecule has 0 aliphatic rings. The maximum absolute atomic E-state index is 4.51. The number of hydrogen-bond acceptors (Lipinski definition) is 5. The third-order valence-electron chi connectivity index (χ3n) is 3.96. The van der Waals surface area contributed by atoms with Crippen molar-refractivity contribution >= 4 is 17.5 Å². The highest BCUT2D eigenvalue weighted by Crippen LogP contribution is 2.17. The van der Waals surface area contributed by atoms with E-state index in [4.69, 9.17) is 0 Å². The summed E-state index contributed by atoms with van der Waals surface area (Å²) in [4.78, 5) is 8.77. The van der Waals surface area contributed by atoms with Gasteiger partial charge >= 0.3 is 0 Å². The molecule has 0 aliphatic carbocycles. The van der Waals surface area contributed by atoms with E-state index in [1.807, 2.05) is 23.9 Å². The first-order valence-electron chi connectivity index (χ1n) is 8.07. The van der Waals surface area contributed by atoms with Crippen LogP contribution in [0.1, 0.15) is 23.6 Å². The molecule has 3 rings (SSSR count). The van der Waals surface area contributed by atoms with Gasteiger partial charge in [-0.05, 0) is 43.5 Å². The van der Waals surface area contributed by atoms with Gasteiger partial charge in [0.25, 0.3) is 0 Å². The number of nitrogens with one attached hydrogen (secondary N) is 2. The number of aromatic nitrogens is 4. The molecular formula is C18H22N6. The van der Waals surface area contributed by atoms with Crippen LogP contribution in [-0.4, -0.2) is 19.7 Å². The highest BCUT2D eigenvalue weighted by molar-refractivity contribution is 5.52. The number of benzene rings is 1. The fourth-order valence-corrected chi connectivity index (χ4v) is 2.55. The van der Waals surface area contributed by atoms with E-state index >= 15 is 0 Å². The van der Waals surface area contributed by atoms with Crippen molar-refractivity contribution in [2.45, 2.75) is 33.9 Å². The minimum atomic E-state index is 0.553. The first-order chi connectivity index (χ1) is 11.7.